The monoisotopic (exact) mass is 248 g/mol. The second-order valence-corrected chi connectivity index (χ2v) is 3.53. The molecule has 4 heteroatoms. The van der Waals surface area contributed by atoms with Crippen LogP contribution in [0.15, 0.2) is 21.2 Å². The molecule has 0 saturated carbocycles. The lowest BCUT2D eigenvalue weighted by atomic mass is 10.0. The minimum Gasteiger partial charge on any atom is -0.289 e. The van der Waals surface area contributed by atoms with E-state index in [0.29, 0.717) is 16.5 Å². The van der Waals surface area contributed by atoms with Gasteiger partial charge in [0, 0.05) is 11.6 Å². The molecule has 1 aliphatic carbocycles. The van der Waals surface area contributed by atoms with Crippen molar-refractivity contribution in [2.75, 3.05) is 0 Å². The van der Waals surface area contributed by atoms with Crippen molar-refractivity contribution in [2.45, 2.75) is 13.3 Å². The van der Waals surface area contributed by atoms with E-state index in [1.54, 1.807) is 6.92 Å². The number of hydrogen-bond acceptors (Lipinski definition) is 2. The zero-order chi connectivity index (χ0) is 9.30. The van der Waals surface area contributed by atoms with Crippen LogP contribution in [0.3, 0.4) is 0 Å². The van der Waals surface area contributed by atoms with Crippen LogP contribution in [0.5, 0.6) is 0 Å². The Bertz CT molecular complexity index is 315. The molecule has 64 valence electrons. The van der Waals surface area contributed by atoms with Crippen molar-refractivity contribution in [1.29, 1.82) is 0 Å². The van der Waals surface area contributed by atoms with Crippen molar-refractivity contribution in [1.82, 2.24) is 0 Å². The largest absolute Gasteiger partial charge is 0.289 e. The standard InChI is InChI=1S/C8H6BrClO2/c1-2-4-7(9)6(11)3-5(10)8(4)12/h3H,2H2,1H3. The Morgan fingerprint density at radius 2 is 2.08 bits per heavy atom. The van der Waals surface area contributed by atoms with Crippen LogP contribution >= 0.6 is 27.5 Å². The lowest BCUT2D eigenvalue weighted by molar-refractivity contribution is -0.115. The molecule has 12 heavy (non-hydrogen) atoms. The van der Waals surface area contributed by atoms with Crippen LogP contribution in [0.1, 0.15) is 13.3 Å². The molecule has 0 spiro atoms. The maximum atomic E-state index is 11.3. The van der Waals surface area contributed by atoms with Crippen molar-refractivity contribution in [3.63, 3.8) is 0 Å². The topological polar surface area (TPSA) is 34.1 Å². The predicted octanol–water partition coefficient (Wildman–Crippen LogP) is 2.32. The Hall–Kier alpha value is -0.410. The molecule has 2 nitrogen and oxygen atoms in total. The first-order valence-corrected chi connectivity index (χ1v) is 4.60. The number of halogens is 2. The van der Waals surface area contributed by atoms with Crippen molar-refractivity contribution in [3.8, 4) is 0 Å². The number of carbonyl (C=O) groups is 2. The zero-order valence-electron chi connectivity index (χ0n) is 6.36. The van der Waals surface area contributed by atoms with Crippen LogP contribution in [-0.2, 0) is 9.59 Å². The van der Waals surface area contributed by atoms with E-state index in [4.69, 9.17) is 11.6 Å². The minimum absolute atomic E-state index is 0.0000463. The smallest absolute Gasteiger partial charge is 0.201 e. The van der Waals surface area contributed by atoms with E-state index < -0.39 is 0 Å². The molecule has 1 aliphatic rings. The summed E-state index contributed by atoms with van der Waals surface area (Å²) in [5.74, 6) is -0.498. The van der Waals surface area contributed by atoms with Gasteiger partial charge >= 0.3 is 0 Å². The fraction of sp³-hybridized carbons (Fsp3) is 0.250. The van der Waals surface area contributed by atoms with E-state index >= 15 is 0 Å². The molecule has 0 radical (unpaired) electrons. The van der Waals surface area contributed by atoms with Crippen molar-refractivity contribution in [2.24, 2.45) is 0 Å². The number of Topliss-reactive ketones (excluding diaryl/α,β-unsaturated/α-hetero) is 1. The molecular weight excluding hydrogens is 243 g/mol. The SMILES string of the molecule is CCC1=C(Br)C(=O)C=C(Cl)C1=O. The molecule has 0 bridgehead atoms. The van der Waals surface area contributed by atoms with E-state index in [1.165, 1.54) is 0 Å². The Labute approximate surface area is 83.4 Å². The number of rotatable bonds is 1. The summed E-state index contributed by atoms with van der Waals surface area (Å²) in [7, 11) is 0. The third-order valence-corrected chi connectivity index (χ3v) is 2.73. The van der Waals surface area contributed by atoms with Gasteiger partial charge in [0.15, 0.2) is 5.78 Å². The van der Waals surface area contributed by atoms with E-state index in [2.05, 4.69) is 15.9 Å². The Balaban J connectivity index is 3.17. The fourth-order valence-corrected chi connectivity index (χ4v) is 1.74. The van der Waals surface area contributed by atoms with E-state index in [0.717, 1.165) is 6.08 Å². The first kappa shape index (κ1) is 9.68. The van der Waals surface area contributed by atoms with Gasteiger partial charge in [0.05, 0.1) is 9.51 Å². The highest BCUT2D eigenvalue weighted by Gasteiger charge is 2.24. The summed E-state index contributed by atoms with van der Waals surface area (Å²) < 4.78 is 0.333. The van der Waals surface area contributed by atoms with Gasteiger partial charge in [-0.25, -0.2) is 0 Å². The molecule has 1 rings (SSSR count). The third-order valence-electron chi connectivity index (χ3n) is 1.58. The van der Waals surface area contributed by atoms with Gasteiger partial charge in [0.1, 0.15) is 0 Å². The van der Waals surface area contributed by atoms with E-state index in [1.807, 2.05) is 0 Å². The first-order chi connectivity index (χ1) is 5.57. The normalized spacial score (nSPS) is 18.4. The Morgan fingerprint density at radius 3 is 2.58 bits per heavy atom. The number of allylic oxidation sites excluding steroid dienone is 4. The quantitative estimate of drug-likeness (QED) is 0.668. The summed E-state index contributed by atoms with van der Waals surface area (Å²) >= 11 is 8.59. The van der Waals surface area contributed by atoms with Gasteiger partial charge in [-0.05, 0) is 22.4 Å². The second kappa shape index (κ2) is 3.54. The van der Waals surface area contributed by atoms with Crippen molar-refractivity contribution >= 4 is 39.1 Å². The van der Waals surface area contributed by atoms with Gasteiger partial charge in [-0.15, -0.1) is 0 Å². The molecule has 0 aromatic carbocycles. The lowest BCUT2D eigenvalue weighted by Crippen LogP contribution is -2.13. The summed E-state index contributed by atoms with van der Waals surface area (Å²) in [4.78, 5) is 22.4. The van der Waals surface area contributed by atoms with Gasteiger partial charge in [-0.1, -0.05) is 18.5 Å². The molecule has 0 saturated heterocycles. The van der Waals surface area contributed by atoms with Crippen LogP contribution in [0, 0.1) is 0 Å². The number of hydrogen-bond donors (Lipinski definition) is 0. The average Bonchev–Trinajstić information content (AvgIpc) is 2.02. The molecule has 0 unspecified atom stereocenters. The molecule has 0 aliphatic heterocycles. The van der Waals surface area contributed by atoms with Gasteiger partial charge < -0.3 is 0 Å². The van der Waals surface area contributed by atoms with Gasteiger partial charge in [-0.2, -0.15) is 0 Å². The third kappa shape index (κ3) is 1.52. The van der Waals surface area contributed by atoms with E-state index in [-0.39, 0.29) is 16.6 Å². The Morgan fingerprint density at radius 1 is 1.50 bits per heavy atom. The van der Waals surface area contributed by atoms with Crippen LogP contribution < -0.4 is 0 Å². The maximum absolute atomic E-state index is 11.3. The maximum Gasteiger partial charge on any atom is 0.201 e. The van der Waals surface area contributed by atoms with Crippen LogP contribution in [0.4, 0.5) is 0 Å². The van der Waals surface area contributed by atoms with Gasteiger partial charge in [0.25, 0.3) is 0 Å². The minimum atomic E-state index is -0.259. The molecule has 0 fully saturated rings. The Kier molecular flexibility index (Phi) is 2.85. The second-order valence-electron chi connectivity index (χ2n) is 2.33. The summed E-state index contributed by atoms with van der Waals surface area (Å²) in [6.45, 7) is 1.80. The van der Waals surface area contributed by atoms with Crippen molar-refractivity contribution in [3.05, 3.63) is 21.2 Å². The average molecular weight is 249 g/mol. The molecule has 0 N–H and O–H groups in total. The molecular formula is C8H6BrClO2. The van der Waals surface area contributed by atoms with Crippen LogP contribution in [-0.4, -0.2) is 11.6 Å². The van der Waals surface area contributed by atoms with Crippen molar-refractivity contribution < 1.29 is 9.59 Å². The molecule has 0 aromatic heterocycles. The highest BCUT2D eigenvalue weighted by molar-refractivity contribution is 9.12. The molecule has 0 aromatic rings. The highest BCUT2D eigenvalue weighted by atomic mass is 79.9. The lowest BCUT2D eigenvalue weighted by Gasteiger charge is -2.09. The highest BCUT2D eigenvalue weighted by Crippen LogP contribution is 2.27. The van der Waals surface area contributed by atoms with Crippen LogP contribution in [0.2, 0.25) is 0 Å². The van der Waals surface area contributed by atoms with Gasteiger partial charge in [-0.3, -0.25) is 9.59 Å². The zero-order valence-corrected chi connectivity index (χ0v) is 8.70. The molecule has 0 heterocycles. The molecule has 0 amide bonds. The molecule has 0 atom stereocenters. The van der Waals surface area contributed by atoms with Crippen LogP contribution in [0.25, 0.3) is 0 Å². The van der Waals surface area contributed by atoms with E-state index in [9.17, 15) is 9.59 Å². The fourth-order valence-electron chi connectivity index (χ4n) is 0.952. The summed E-state index contributed by atoms with van der Waals surface area (Å²) in [6, 6.07) is 0. The summed E-state index contributed by atoms with van der Waals surface area (Å²) in [5, 5.41) is 0.0000463. The summed E-state index contributed by atoms with van der Waals surface area (Å²) in [6.07, 6.45) is 1.64. The first-order valence-electron chi connectivity index (χ1n) is 3.42. The predicted molar refractivity (Wildman–Crippen MR) is 50.2 cm³/mol. The number of ketones is 2. The number of carbonyl (C=O) groups excluding carboxylic acids is 2. The summed E-state index contributed by atoms with van der Waals surface area (Å²) in [5.41, 5.74) is 0.451. The van der Waals surface area contributed by atoms with Gasteiger partial charge in [0.2, 0.25) is 5.78 Å².